The molecule has 4 rings (SSSR count). The number of rotatable bonds is 15. The third-order valence-corrected chi connectivity index (χ3v) is 8.56. The molecular weight excluding hydrogens is 705 g/mol. The monoisotopic (exact) mass is 744 g/mol. The molecule has 1 aromatic carbocycles. The number of aromatic nitrogens is 2. The molecule has 2 saturated heterocycles. The maximum atomic E-state index is 13.6. The van der Waals surface area contributed by atoms with Gasteiger partial charge in [0.2, 0.25) is 5.95 Å². The number of nitrogens with one attached hydrogen (secondary N) is 2. The molecule has 280 valence electrons. The highest BCUT2D eigenvalue weighted by atomic mass is 35.5. The van der Waals surface area contributed by atoms with Crippen molar-refractivity contribution in [2.24, 2.45) is 0 Å². The molecule has 1 unspecified atom stereocenters. The number of alkyl halides is 3. The van der Waals surface area contributed by atoms with Gasteiger partial charge in [0.25, 0.3) is 0 Å². The Morgan fingerprint density at radius 1 is 0.941 bits per heavy atom. The summed E-state index contributed by atoms with van der Waals surface area (Å²) >= 11 is 5.69. The van der Waals surface area contributed by atoms with E-state index in [9.17, 15) is 42.6 Å². The standard InChI is InChI=1S/C31H40ClF3N8O8/c1-40(14-8-36-23-17-24(41-10-2-3-11-41)39-28(38-23)42-12-4-5-13-42)15-9-37-29(49)43(20-6-7-22(32)21(16-20)31(33,34)35)51-26(46)19-30(50,27(47)48)18-25(44)45/h6-7,16-17,50H,2-5,8-15,18-19H2,1H3,(H,37,49)(H,44,45)(H,47,48)(H,36,38,39). The van der Waals surface area contributed by atoms with Gasteiger partial charge in [0.15, 0.2) is 5.60 Å². The predicted molar refractivity (Wildman–Crippen MR) is 179 cm³/mol. The number of nitrogens with zero attached hydrogens (tertiary/aromatic N) is 6. The van der Waals surface area contributed by atoms with Gasteiger partial charge in [-0.05, 0) is 50.9 Å². The number of amides is 2. The number of aliphatic carboxylic acids is 2. The fourth-order valence-corrected chi connectivity index (χ4v) is 5.72. The Kier molecular flexibility index (Phi) is 13.1. The molecule has 2 aromatic rings. The van der Waals surface area contributed by atoms with E-state index in [0.717, 1.165) is 69.8 Å². The van der Waals surface area contributed by atoms with Gasteiger partial charge in [-0.15, -0.1) is 5.06 Å². The normalized spacial score (nSPS) is 15.8. The molecule has 0 bridgehead atoms. The third-order valence-electron chi connectivity index (χ3n) is 8.24. The Balaban J connectivity index is 1.38. The smallest absolute Gasteiger partial charge is 0.417 e. The zero-order valence-corrected chi connectivity index (χ0v) is 28.5. The number of hydrogen-bond donors (Lipinski definition) is 5. The first-order chi connectivity index (χ1) is 24.1. The second-order valence-corrected chi connectivity index (χ2v) is 12.7. The van der Waals surface area contributed by atoms with Crippen LogP contribution < -0.4 is 25.5 Å². The van der Waals surface area contributed by atoms with E-state index in [2.05, 4.69) is 20.4 Å². The molecule has 16 nitrogen and oxygen atoms in total. The van der Waals surface area contributed by atoms with Crippen molar-refractivity contribution in [1.29, 1.82) is 0 Å². The molecule has 0 aliphatic carbocycles. The van der Waals surface area contributed by atoms with Crippen molar-refractivity contribution in [1.82, 2.24) is 20.2 Å². The minimum absolute atomic E-state index is 0.0765. The maximum Gasteiger partial charge on any atom is 0.417 e. The highest BCUT2D eigenvalue weighted by molar-refractivity contribution is 6.31. The number of carbonyl (C=O) groups excluding carboxylic acids is 2. The topological polar surface area (TPSA) is 201 Å². The fraction of sp³-hybridized carbons (Fsp3) is 0.548. The Morgan fingerprint density at radius 3 is 2.18 bits per heavy atom. The number of hydrogen-bond acceptors (Lipinski definition) is 12. The molecule has 5 N–H and O–H groups in total. The minimum Gasteiger partial charge on any atom is -0.481 e. The van der Waals surface area contributed by atoms with E-state index in [1.54, 1.807) is 7.05 Å². The molecule has 1 aromatic heterocycles. The van der Waals surface area contributed by atoms with E-state index in [1.165, 1.54) is 0 Å². The lowest BCUT2D eigenvalue weighted by Gasteiger charge is -2.26. The van der Waals surface area contributed by atoms with Crippen LogP contribution in [0, 0.1) is 0 Å². The van der Waals surface area contributed by atoms with Crippen molar-refractivity contribution in [3.05, 3.63) is 34.9 Å². The van der Waals surface area contributed by atoms with Gasteiger partial charge in [-0.2, -0.15) is 23.1 Å². The number of urea groups is 1. The van der Waals surface area contributed by atoms with Gasteiger partial charge in [-0.25, -0.2) is 14.4 Å². The van der Waals surface area contributed by atoms with Crippen LogP contribution in [0.15, 0.2) is 24.3 Å². The van der Waals surface area contributed by atoms with Crippen LogP contribution in [-0.2, 0) is 25.4 Å². The number of halogens is 4. The third kappa shape index (κ3) is 10.9. The average Bonchev–Trinajstić information content (AvgIpc) is 3.79. The molecule has 2 amide bonds. The first-order valence-electron chi connectivity index (χ1n) is 16.2. The summed E-state index contributed by atoms with van der Waals surface area (Å²) in [6, 6.07) is 2.89. The van der Waals surface area contributed by atoms with E-state index in [0.29, 0.717) is 30.9 Å². The zero-order valence-electron chi connectivity index (χ0n) is 27.8. The quantitative estimate of drug-likeness (QED) is 0.167. The molecule has 0 radical (unpaired) electrons. The largest absolute Gasteiger partial charge is 0.481 e. The van der Waals surface area contributed by atoms with Gasteiger partial charge in [0.1, 0.15) is 11.6 Å². The lowest BCUT2D eigenvalue weighted by Crippen LogP contribution is -2.47. The molecule has 2 aliphatic rings. The van der Waals surface area contributed by atoms with Crippen molar-refractivity contribution < 1.29 is 52.5 Å². The summed E-state index contributed by atoms with van der Waals surface area (Å²) in [6.45, 7) is 4.76. The molecule has 51 heavy (non-hydrogen) atoms. The number of carbonyl (C=O) groups is 4. The molecular formula is C31H40ClF3N8O8. The molecule has 1 atom stereocenters. The van der Waals surface area contributed by atoms with Gasteiger partial charge in [0, 0.05) is 58.4 Å². The second-order valence-electron chi connectivity index (χ2n) is 12.3. The first kappa shape index (κ1) is 39.2. The van der Waals surface area contributed by atoms with Gasteiger partial charge < -0.3 is 45.5 Å². The van der Waals surface area contributed by atoms with Crippen LogP contribution in [0.1, 0.15) is 44.1 Å². The first-order valence-corrected chi connectivity index (χ1v) is 16.6. The number of likely N-dealkylation sites (N-methyl/N-ethyl adjacent to an activating group) is 1. The number of aliphatic hydroxyl groups is 1. The summed E-state index contributed by atoms with van der Waals surface area (Å²) in [7, 11) is 1.76. The maximum absolute atomic E-state index is 13.6. The summed E-state index contributed by atoms with van der Waals surface area (Å²) in [4.78, 5) is 69.0. The number of carboxylic acids is 2. The van der Waals surface area contributed by atoms with Crippen molar-refractivity contribution in [3.63, 3.8) is 0 Å². The molecule has 20 heteroatoms. The minimum atomic E-state index is -4.96. The number of carboxylic acid groups (broad SMARTS) is 2. The van der Waals surface area contributed by atoms with Crippen molar-refractivity contribution >= 4 is 58.8 Å². The van der Waals surface area contributed by atoms with Gasteiger partial charge in [0.05, 0.1) is 29.1 Å². The molecule has 2 aliphatic heterocycles. The zero-order chi connectivity index (χ0) is 37.3. The van der Waals surface area contributed by atoms with Gasteiger partial charge in [-0.3, -0.25) is 4.79 Å². The Morgan fingerprint density at radius 2 is 1.57 bits per heavy atom. The highest BCUT2D eigenvalue weighted by Crippen LogP contribution is 2.37. The molecule has 3 heterocycles. The van der Waals surface area contributed by atoms with Crippen LogP contribution in [0.2, 0.25) is 5.02 Å². The SMILES string of the molecule is CN(CCNC(=O)N(OC(=O)CC(O)(CC(=O)O)C(=O)O)c1ccc(Cl)c(C(F)(F)F)c1)CCNc1cc(N2CCCC2)nc(N2CCCC2)n1. The lowest BCUT2D eigenvalue weighted by molar-refractivity contribution is -0.172. The van der Waals surface area contributed by atoms with Crippen molar-refractivity contribution in [3.8, 4) is 0 Å². The van der Waals surface area contributed by atoms with Crippen LogP contribution in [0.4, 0.5) is 41.2 Å². The molecule has 0 spiro atoms. The summed E-state index contributed by atoms with van der Waals surface area (Å²) < 4.78 is 40.8. The van der Waals surface area contributed by atoms with Crippen LogP contribution in [-0.4, -0.2) is 119 Å². The van der Waals surface area contributed by atoms with Gasteiger partial charge in [-0.1, -0.05) is 11.6 Å². The Bertz CT molecular complexity index is 1540. The Labute approximate surface area is 296 Å². The number of benzene rings is 1. The van der Waals surface area contributed by atoms with E-state index in [-0.39, 0.29) is 18.2 Å². The fourth-order valence-electron chi connectivity index (χ4n) is 5.50. The van der Waals surface area contributed by atoms with Gasteiger partial charge >= 0.3 is 30.1 Å². The predicted octanol–water partition coefficient (Wildman–Crippen LogP) is 3.05. The summed E-state index contributed by atoms with van der Waals surface area (Å²) in [6.07, 6.45) is -3.45. The number of hydroxylamine groups is 1. The van der Waals surface area contributed by atoms with Crippen LogP contribution >= 0.6 is 11.6 Å². The van der Waals surface area contributed by atoms with Crippen LogP contribution in [0.5, 0.6) is 0 Å². The van der Waals surface area contributed by atoms with E-state index in [1.807, 2.05) is 11.0 Å². The van der Waals surface area contributed by atoms with E-state index < -0.39 is 64.8 Å². The van der Waals surface area contributed by atoms with Crippen LogP contribution in [0.3, 0.4) is 0 Å². The number of anilines is 4. The van der Waals surface area contributed by atoms with E-state index in [4.69, 9.17) is 31.5 Å². The lowest BCUT2D eigenvalue weighted by atomic mass is 9.96. The average molecular weight is 745 g/mol. The Hall–Kier alpha value is -4.62. The summed E-state index contributed by atoms with van der Waals surface area (Å²) in [5.74, 6) is -3.23. The van der Waals surface area contributed by atoms with Crippen LogP contribution in [0.25, 0.3) is 0 Å². The summed E-state index contributed by atoms with van der Waals surface area (Å²) in [5.41, 5.74) is -5.10. The van der Waals surface area contributed by atoms with Crippen molar-refractivity contribution in [2.75, 3.05) is 79.6 Å². The summed E-state index contributed by atoms with van der Waals surface area (Å²) in [5, 5.41) is 33.6. The van der Waals surface area contributed by atoms with E-state index >= 15 is 0 Å². The second kappa shape index (κ2) is 17.1. The van der Waals surface area contributed by atoms with Crippen molar-refractivity contribution in [2.45, 2.75) is 50.3 Å². The molecule has 0 saturated carbocycles. The highest BCUT2D eigenvalue weighted by Gasteiger charge is 2.42. The molecule has 2 fully saturated rings.